The smallest absolute Gasteiger partial charge is 0.340 e. The van der Waals surface area contributed by atoms with Crippen LogP contribution < -0.4 is 5.32 Å². The van der Waals surface area contributed by atoms with E-state index in [-0.39, 0.29) is 21.8 Å². The molecular formula is C13H10N2O5S. The van der Waals surface area contributed by atoms with E-state index in [2.05, 4.69) is 10.1 Å². The number of carbonyl (C=O) groups is 2. The molecule has 1 amide bonds. The second kappa shape index (κ2) is 6.14. The fraction of sp³-hybridized carbons (Fsp3) is 0.0769. The highest BCUT2D eigenvalue weighted by Gasteiger charge is 2.21. The molecule has 0 fully saturated rings. The van der Waals surface area contributed by atoms with Gasteiger partial charge in [-0.05, 0) is 17.5 Å². The summed E-state index contributed by atoms with van der Waals surface area (Å²) in [5.74, 6) is -1.25. The lowest BCUT2D eigenvalue weighted by Crippen LogP contribution is -2.15. The van der Waals surface area contributed by atoms with Crippen molar-refractivity contribution < 1.29 is 19.2 Å². The largest absolute Gasteiger partial charge is 0.465 e. The van der Waals surface area contributed by atoms with Crippen LogP contribution in [-0.2, 0) is 4.74 Å². The zero-order valence-electron chi connectivity index (χ0n) is 10.9. The number of para-hydroxylation sites is 1. The standard InChI is InChI=1S/C13H10N2O5S/c1-20-13(17)9-6-7-21-12(9)14-11(16)8-4-2-3-5-10(8)15(18)19/h2-7H,1H3,(H,14,16). The average Bonchev–Trinajstić information content (AvgIpc) is 2.94. The van der Waals surface area contributed by atoms with Gasteiger partial charge in [0, 0.05) is 6.07 Å². The Bertz CT molecular complexity index is 710. The normalized spacial score (nSPS) is 9.95. The minimum Gasteiger partial charge on any atom is -0.465 e. The van der Waals surface area contributed by atoms with E-state index in [0.29, 0.717) is 0 Å². The fourth-order valence-corrected chi connectivity index (χ4v) is 2.44. The molecule has 1 aromatic heterocycles. The molecule has 1 N–H and O–H groups in total. The van der Waals surface area contributed by atoms with Crippen LogP contribution in [0, 0.1) is 10.1 Å². The molecule has 0 atom stereocenters. The average molecular weight is 306 g/mol. The zero-order chi connectivity index (χ0) is 15.4. The molecule has 0 radical (unpaired) electrons. The highest BCUT2D eigenvalue weighted by atomic mass is 32.1. The maximum absolute atomic E-state index is 12.1. The number of hydrogen-bond donors (Lipinski definition) is 1. The summed E-state index contributed by atoms with van der Waals surface area (Å²) in [6.45, 7) is 0. The SMILES string of the molecule is COC(=O)c1ccsc1NC(=O)c1ccccc1[N+](=O)[O-]. The van der Waals surface area contributed by atoms with Crippen LogP contribution >= 0.6 is 11.3 Å². The van der Waals surface area contributed by atoms with Crippen molar-refractivity contribution in [1.29, 1.82) is 0 Å². The molecule has 0 aliphatic heterocycles. The maximum Gasteiger partial charge on any atom is 0.340 e. The van der Waals surface area contributed by atoms with Gasteiger partial charge in [0.05, 0.1) is 17.6 Å². The highest BCUT2D eigenvalue weighted by molar-refractivity contribution is 7.14. The lowest BCUT2D eigenvalue weighted by molar-refractivity contribution is -0.385. The first-order chi connectivity index (χ1) is 10.0. The van der Waals surface area contributed by atoms with Crippen LogP contribution in [0.5, 0.6) is 0 Å². The van der Waals surface area contributed by atoms with Gasteiger partial charge in [0.15, 0.2) is 0 Å². The Hall–Kier alpha value is -2.74. The second-order valence-electron chi connectivity index (χ2n) is 3.88. The van der Waals surface area contributed by atoms with Crippen molar-refractivity contribution in [2.24, 2.45) is 0 Å². The van der Waals surface area contributed by atoms with E-state index in [1.54, 1.807) is 5.38 Å². The number of anilines is 1. The van der Waals surface area contributed by atoms with Crippen LogP contribution in [0.1, 0.15) is 20.7 Å². The van der Waals surface area contributed by atoms with E-state index in [4.69, 9.17) is 0 Å². The van der Waals surface area contributed by atoms with Gasteiger partial charge in [-0.15, -0.1) is 11.3 Å². The van der Waals surface area contributed by atoms with Crippen molar-refractivity contribution in [2.75, 3.05) is 12.4 Å². The number of amides is 1. The number of benzene rings is 1. The van der Waals surface area contributed by atoms with E-state index in [0.717, 1.165) is 11.3 Å². The Kier molecular flexibility index (Phi) is 4.29. The summed E-state index contributed by atoms with van der Waals surface area (Å²) >= 11 is 1.13. The molecule has 108 valence electrons. The lowest BCUT2D eigenvalue weighted by atomic mass is 10.1. The Morgan fingerprint density at radius 3 is 2.62 bits per heavy atom. The minimum absolute atomic E-state index is 0.0771. The molecule has 0 aliphatic rings. The van der Waals surface area contributed by atoms with Gasteiger partial charge in [0.2, 0.25) is 0 Å². The number of nitro benzene ring substituents is 1. The predicted molar refractivity (Wildman–Crippen MR) is 76.7 cm³/mol. The fourth-order valence-electron chi connectivity index (χ4n) is 1.67. The molecule has 2 aromatic rings. The summed E-state index contributed by atoms with van der Waals surface area (Å²) in [7, 11) is 1.23. The zero-order valence-corrected chi connectivity index (χ0v) is 11.7. The van der Waals surface area contributed by atoms with Crippen LogP contribution in [0.15, 0.2) is 35.7 Å². The van der Waals surface area contributed by atoms with Gasteiger partial charge < -0.3 is 10.1 Å². The number of methoxy groups -OCH3 is 1. The van der Waals surface area contributed by atoms with Gasteiger partial charge in [0.1, 0.15) is 10.6 Å². The number of hydrogen-bond acceptors (Lipinski definition) is 6. The number of thiophene rings is 1. The number of nitrogens with one attached hydrogen (secondary N) is 1. The maximum atomic E-state index is 12.1. The molecule has 0 saturated heterocycles. The molecule has 7 nitrogen and oxygen atoms in total. The molecule has 0 unspecified atom stereocenters. The van der Waals surface area contributed by atoms with Crippen molar-refractivity contribution in [1.82, 2.24) is 0 Å². The summed E-state index contributed by atoms with van der Waals surface area (Å²) in [4.78, 5) is 33.9. The number of nitrogens with zero attached hydrogens (tertiary/aromatic N) is 1. The van der Waals surface area contributed by atoms with Crippen molar-refractivity contribution in [2.45, 2.75) is 0 Å². The first-order valence-corrected chi connectivity index (χ1v) is 6.63. The predicted octanol–water partition coefficient (Wildman–Crippen LogP) is 2.70. The number of nitro groups is 1. The van der Waals surface area contributed by atoms with Crippen LogP contribution in [0.3, 0.4) is 0 Å². The molecule has 0 bridgehead atoms. The monoisotopic (exact) mass is 306 g/mol. The molecule has 2 rings (SSSR count). The topological polar surface area (TPSA) is 98.5 Å². The molecule has 0 aliphatic carbocycles. The van der Waals surface area contributed by atoms with Crippen LogP contribution in [0.2, 0.25) is 0 Å². The summed E-state index contributed by atoms with van der Waals surface area (Å²) in [6, 6.07) is 7.09. The van der Waals surface area contributed by atoms with Crippen LogP contribution in [-0.4, -0.2) is 23.9 Å². The number of esters is 1. The van der Waals surface area contributed by atoms with Crippen molar-refractivity contribution in [3.05, 3.63) is 57.0 Å². The third kappa shape index (κ3) is 3.06. The molecule has 1 heterocycles. The summed E-state index contributed by atoms with van der Waals surface area (Å²) < 4.78 is 4.59. The Morgan fingerprint density at radius 2 is 1.95 bits per heavy atom. The quantitative estimate of drug-likeness (QED) is 0.532. The van der Waals surface area contributed by atoms with E-state index >= 15 is 0 Å². The van der Waals surface area contributed by atoms with E-state index < -0.39 is 16.8 Å². The van der Waals surface area contributed by atoms with Gasteiger partial charge in [-0.2, -0.15) is 0 Å². The van der Waals surface area contributed by atoms with Gasteiger partial charge in [-0.1, -0.05) is 12.1 Å². The summed E-state index contributed by atoms with van der Waals surface area (Å²) in [5, 5.41) is 15.3. The number of carbonyl (C=O) groups excluding carboxylic acids is 2. The van der Waals surface area contributed by atoms with E-state index in [1.165, 1.54) is 37.4 Å². The van der Waals surface area contributed by atoms with Gasteiger partial charge in [-0.3, -0.25) is 14.9 Å². The summed E-state index contributed by atoms with van der Waals surface area (Å²) in [5.41, 5.74) is -0.174. The van der Waals surface area contributed by atoms with Crippen LogP contribution in [0.4, 0.5) is 10.7 Å². The first kappa shape index (κ1) is 14.7. The van der Waals surface area contributed by atoms with Crippen molar-refractivity contribution in [3.63, 3.8) is 0 Å². The first-order valence-electron chi connectivity index (χ1n) is 5.75. The van der Waals surface area contributed by atoms with Crippen molar-refractivity contribution >= 4 is 33.9 Å². The van der Waals surface area contributed by atoms with E-state index in [9.17, 15) is 19.7 Å². The third-order valence-corrected chi connectivity index (χ3v) is 3.47. The second-order valence-corrected chi connectivity index (χ2v) is 4.80. The number of ether oxygens (including phenoxy) is 1. The minimum atomic E-state index is -0.657. The third-order valence-electron chi connectivity index (χ3n) is 2.64. The molecule has 0 saturated carbocycles. The van der Waals surface area contributed by atoms with Gasteiger partial charge >= 0.3 is 5.97 Å². The van der Waals surface area contributed by atoms with E-state index in [1.807, 2.05) is 0 Å². The Balaban J connectivity index is 2.29. The molecule has 0 spiro atoms. The number of rotatable bonds is 4. The molecule has 21 heavy (non-hydrogen) atoms. The Labute approximate surface area is 123 Å². The molecule has 1 aromatic carbocycles. The molecule has 8 heteroatoms. The Morgan fingerprint density at radius 1 is 1.24 bits per heavy atom. The van der Waals surface area contributed by atoms with Crippen LogP contribution in [0.25, 0.3) is 0 Å². The molecular weight excluding hydrogens is 296 g/mol. The highest BCUT2D eigenvalue weighted by Crippen LogP contribution is 2.26. The lowest BCUT2D eigenvalue weighted by Gasteiger charge is -2.05. The summed E-state index contributed by atoms with van der Waals surface area (Å²) in [6.07, 6.45) is 0. The van der Waals surface area contributed by atoms with Gasteiger partial charge in [0.25, 0.3) is 11.6 Å². The van der Waals surface area contributed by atoms with Crippen molar-refractivity contribution in [3.8, 4) is 0 Å². The van der Waals surface area contributed by atoms with Gasteiger partial charge in [-0.25, -0.2) is 4.79 Å².